The predicted octanol–water partition coefficient (Wildman–Crippen LogP) is 15.7. The molecule has 3 aromatic heterocycles. The number of aromatic nitrogens is 3. The molecule has 3 nitrogen and oxygen atoms in total. The van der Waals surface area contributed by atoms with Crippen LogP contribution in [0.5, 0.6) is 0 Å². The van der Waals surface area contributed by atoms with Crippen molar-refractivity contribution in [2.75, 3.05) is 0 Å². The van der Waals surface area contributed by atoms with Gasteiger partial charge < -0.3 is 15.0 Å². The zero-order chi connectivity index (χ0) is 57.1. The Labute approximate surface area is 437 Å². The Morgan fingerprint density at radius 2 is 1.07 bits per heavy atom. The van der Waals surface area contributed by atoms with E-state index in [1.54, 1.807) is 54.9 Å². The molecule has 0 amide bonds. The molecule has 2 aliphatic carbocycles. The third-order valence-corrected chi connectivity index (χ3v) is 13.1. The Kier molecular flexibility index (Phi) is 10.7. The van der Waals surface area contributed by atoms with Gasteiger partial charge in [-0.05, 0) is 143 Å². The van der Waals surface area contributed by atoms with Crippen LogP contribution < -0.4 is 0 Å². The van der Waals surface area contributed by atoms with Crippen LogP contribution in [0, 0.1) is 25.1 Å². The van der Waals surface area contributed by atoms with E-state index in [-0.39, 0.29) is 54.3 Å². The summed E-state index contributed by atoms with van der Waals surface area (Å²) in [6, 6.07) is 46.9. The molecule has 3 heterocycles. The monoisotopic (exact) mass is 1080 g/mol. The Morgan fingerprint density at radius 1 is 0.559 bits per heavy atom. The summed E-state index contributed by atoms with van der Waals surface area (Å²) in [6.45, 7) is 1.44. The van der Waals surface area contributed by atoms with Crippen LogP contribution in [-0.2, 0) is 57.4 Å². The average molecular weight is 1080 g/mol. The van der Waals surface area contributed by atoms with E-state index in [2.05, 4.69) is 33.2 Å². The molecule has 0 atom stereocenters. The summed E-state index contributed by atoms with van der Waals surface area (Å²) in [6.07, 6.45) is 0.400. The van der Waals surface area contributed by atoms with Crippen LogP contribution in [-0.4, -0.2) is 15.0 Å². The molecule has 0 bridgehead atoms. The van der Waals surface area contributed by atoms with Crippen LogP contribution in [0.2, 0.25) is 0 Å². The van der Waals surface area contributed by atoms with Gasteiger partial charge in [-0.15, -0.1) is 106 Å². The summed E-state index contributed by atoms with van der Waals surface area (Å²) < 4.78 is 120. The first-order valence-corrected chi connectivity index (χ1v) is 23.4. The molecular formula is C64H62IrN3. The number of hydrogen-bond acceptors (Lipinski definition) is 3. The Bertz CT molecular complexity index is 3340. The van der Waals surface area contributed by atoms with Gasteiger partial charge >= 0.3 is 20.1 Å². The Balaban J connectivity index is 0.00000792. The van der Waals surface area contributed by atoms with Crippen LogP contribution in [0.25, 0.3) is 44.9 Å². The molecular weight excluding hydrogens is 1000 g/mol. The first-order chi connectivity index (χ1) is 37.7. The summed E-state index contributed by atoms with van der Waals surface area (Å²) in [4.78, 5) is 13.4. The molecule has 0 saturated heterocycles. The second-order valence-corrected chi connectivity index (χ2v) is 18.4. The van der Waals surface area contributed by atoms with Crippen LogP contribution >= 0.6 is 0 Å². The van der Waals surface area contributed by atoms with Crippen molar-refractivity contribution in [1.29, 1.82) is 0 Å². The van der Waals surface area contributed by atoms with Gasteiger partial charge in [0.25, 0.3) is 0 Å². The van der Waals surface area contributed by atoms with Gasteiger partial charge in [0.15, 0.2) is 0 Å². The van der Waals surface area contributed by atoms with Crippen LogP contribution in [0.4, 0.5) is 0 Å². The molecule has 4 heteroatoms. The number of pyridine rings is 3. The fourth-order valence-corrected chi connectivity index (χ4v) is 9.43. The minimum absolute atomic E-state index is 0. The summed E-state index contributed by atoms with van der Waals surface area (Å²) in [7, 11) is 0. The van der Waals surface area contributed by atoms with Gasteiger partial charge in [-0.1, -0.05) is 119 Å². The molecule has 0 N–H and O–H groups in total. The van der Waals surface area contributed by atoms with Gasteiger partial charge in [0.05, 0.1) is 0 Å². The molecule has 0 spiro atoms. The number of aryl methyl sites for hydroxylation is 5. The molecule has 0 aliphatic heterocycles. The number of benzene rings is 5. The first-order valence-electron chi connectivity index (χ1n) is 29.9. The SMILES string of the molecule is [2H]C([2H])([2H])c1cnc(-c2[c-]cc(C(C)(C)Cc3cc(C([2H])([2H])C([2H])([2H])c4c[c-]c(-c5ccccn5)cc4)cc(C([2H])([2H])C([2H])([2H])c4c[c-]c(-c5ccccn5)cc4)c3)cc2)cc1-c1cc(C2([2H])CCCC2)cc(C2([2H])CCCC2)c1.[Ir+3]. The Hall–Kier alpha value is -5.80. The topological polar surface area (TPSA) is 38.7 Å². The van der Waals surface area contributed by atoms with Gasteiger partial charge in [0, 0.05) is 36.4 Å². The smallest absolute Gasteiger partial charge is 0.305 e. The summed E-state index contributed by atoms with van der Waals surface area (Å²) in [5, 5.41) is 0. The standard InChI is InChI=1S/C64H62N3.Ir/c1-45-44-67-63(42-60(45)58-40-56(51-12-4-5-13-51)39-57(41-58)52-14-6-7-15-52)55-30-32-59(33-31-55)64(2,3)43-50-37-48(20-18-46-22-26-53(27-23-46)61-16-8-10-34-65-61)36-49(38-50)21-19-47-24-28-54(29-25-47)62-17-9-11-35-66-62;/h8-11,16-17,22-26,28,30,32-42,44,51-52H,4-7,12-15,18-21,43H2,1-3H3;/q-3;+3/i1D3,18D2,19D2,20D2,21D2,51D,52D;. The van der Waals surface area contributed by atoms with Crippen LogP contribution in [0.15, 0.2) is 152 Å². The van der Waals surface area contributed by atoms with Crippen molar-refractivity contribution in [2.45, 2.75) is 121 Å². The number of nitrogens with zero attached hydrogens (tertiary/aromatic N) is 3. The largest absolute Gasteiger partial charge is 3.00 e. The number of rotatable bonds is 15. The van der Waals surface area contributed by atoms with Gasteiger partial charge in [-0.25, -0.2) is 0 Å². The van der Waals surface area contributed by atoms with Crippen molar-refractivity contribution in [1.82, 2.24) is 15.0 Å². The summed E-state index contributed by atoms with van der Waals surface area (Å²) in [5.41, 5.74) is 6.39. The molecule has 10 rings (SSSR count). The molecule has 68 heavy (non-hydrogen) atoms. The van der Waals surface area contributed by atoms with Gasteiger partial charge in [0.1, 0.15) is 0 Å². The van der Waals surface area contributed by atoms with Crippen molar-refractivity contribution in [3.63, 3.8) is 0 Å². The first kappa shape index (κ1) is 33.7. The van der Waals surface area contributed by atoms with E-state index in [0.29, 0.717) is 76.1 Å². The minimum Gasteiger partial charge on any atom is -0.305 e. The van der Waals surface area contributed by atoms with E-state index in [1.807, 2.05) is 62.4 Å². The maximum atomic E-state index is 9.56. The van der Waals surface area contributed by atoms with E-state index in [0.717, 1.165) is 42.4 Å². The quantitative estimate of drug-likeness (QED) is 0.0961. The molecule has 2 aliphatic rings. The summed E-state index contributed by atoms with van der Waals surface area (Å²) >= 11 is 0. The third-order valence-electron chi connectivity index (χ3n) is 13.1. The van der Waals surface area contributed by atoms with Crippen molar-refractivity contribution in [3.05, 3.63) is 220 Å². The molecule has 342 valence electrons. The molecule has 0 unspecified atom stereocenters. The second kappa shape index (κ2) is 21.7. The Morgan fingerprint density at radius 3 is 1.56 bits per heavy atom. The van der Waals surface area contributed by atoms with Gasteiger partial charge in [-0.3, -0.25) is 0 Å². The normalized spacial score (nSPS) is 19.1. The zero-order valence-electron chi connectivity index (χ0n) is 51.5. The van der Waals surface area contributed by atoms with E-state index in [1.165, 1.54) is 48.7 Å². The molecule has 8 aromatic rings. The predicted molar refractivity (Wildman–Crippen MR) is 276 cm³/mol. The van der Waals surface area contributed by atoms with Gasteiger partial charge in [-0.2, -0.15) is 0 Å². The summed E-state index contributed by atoms with van der Waals surface area (Å²) in [5.74, 6) is -1.65. The van der Waals surface area contributed by atoms with Crippen LogP contribution in [0.1, 0.15) is 145 Å². The van der Waals surface area contributed by atoms with Crippen molar-refractivity contribution in [2.24, 2.45) is 0 Å². The van der Waals surface area contributed by atoms with Crippen LogP contribution in [0.3, 0.4) is 0 Å². The third kappa shape index (κ3) is 11.4. The maximum absolute atomic E-state index is 9.56. The molecule has 5 aromatic carbocycles. The zero-order valence-corrected chi connectivity index (χ0v) is 40.9. The second-order valence-electron chi connectivity index (χ2n) is 18.4. The maximum Gasteiger partial charge on any atom is 3.00 e. The molecule has 2 saturated carbocycles. The minimum atomic E-state index is -2.79. The van der Waals surface area contributed by atoms with E-state index in [9.17, 15) is 13.7 Å². The average Bonchev–Trinajstić information content (AvgIpc) is 4.20. The number of hydrogen-bond donors (Lipinski definition) is 0. The fraction of sp³-hybridized carbons (Fsp3) is 0.297. The van der Waals surface area contributed by atoms with Crippen molar-refractivity contribution < 1.29 is 37.9 Å². The van der Waals surface area contributed by atoms with E-state index in [4.69, 9.17) is 4.11 Å². The van der Waals surface area contributed by atoms with E-state index >= 15 is 0 Å². The van der Waals surface area contributed by atoms with Crippen molar-refractivity contribution >= 4 is 0 Å². The molecule has 2 fully saturated rings. The fourth-order valence-electron chi connectivity index (χ4n) is 9.43. The van der Waals surface area contributed by atoms with E-state index < -0.39 is 49.5 Å². The van der Waals surface area contributed by atoms with Gasteiger partial charge in [0.2, 0.25) is 0 Å². The molecule has 0 radical (unpaired) electrons. The van der Waals surface area contributed by atoms with Crippen molar-refractivity contribution in [3.8, 4) is 44.9 Å².